The maximum atomic E-state index is 13.4. The number of hydrogen-bond acceptors (Lipinski definition) is 3. The van der Waals surface area contributed by atoms with Gasteiger partial charge in [0.1, 0.15) is 0 Å². The SMILES string of the molecule is CS(=O)(=O)N(Cc1ccccc1)c1ccccc1C(=O)Nc1ccc(F)c(F)c1. The zero-order valence-corrected chi connectivity index (χ0v) is 16.3. The molecule has 150 valence electrons. The molecule has 1 N–H and O–H groups in total. The molecular weight excluding hydrogens is 398 g/mol. The Kier molecular flexibility index (Phi) is 5.93. The monoisotopic (exact) mass is 416 g/mol. The summed E-state index contributed by atoms with van der Waals surface area (Å²) >= 11 is 0. The smallest absolute Gasteiger partial charge is 0.257 e. The number of sulfonamides is 1. The second kappa shape index (κ2) is 8.40. The first-order chi connectivity index (χ1) is 13.8. The molecular formula is C21H18F2N2O3S. The fourth-order valence-electron chi connectivity index (χ4n) is 2.79. The fourth-order valence-corrected chi connectivity index (χ4v) is 3.69. The molecule has 0 spiro atoms. The first kappa shape index (κ1) is 20.5. The first-order valence-electron chi connectivity index (χ1n) is 8.63. The third-order valence-corrected chi connectivity index (χ3v) is 5.29. The minimum atomic E-state index is -3.71. The lowest BCUT2D eigenvalue weighted by Gasteiger charge is -2.24. The van der Waals surface area contributed by atoms with Crippen LogP contribution in [0.4, 0.5) is 20.2 Å². The van der Waals surface area contributed by atoms with Crippen molar-refractivity contribution in [2.75, 3.05) is 15.9 Å². The van der Waals surface area contributed by atoms with Crippen LogP contribution in [0.1, 0.15) is 15.9 Å². The van der Waals surface area contributed by atoms with Crippen LogP contribution in [-0.2, 0) is 16.6 Å². The van der Waals surface area contributed by atoms with Gasteiger partial charge in [-0.25, -0.2) is 17.2 Å². The van der Waals surface area contributed by atoms with Gasteiger partial charge in [0.2, 0.25) is 10.0 Å². The topological polar surface area (TPSA) is 66.5 Å². The molecule has 0 aliphatic carbocycles. The zero-order chi connectivity index (χ0) is 21.0. The molecule has 0 saturated heterocycles. The molecule has 0 aliphatic rings. The van der Waals surface area contributed by atoms with Gasteiger partial charge < -0.3 is 5.32 Å². The molecule has 0 radical (unpaired) electrons. The van der Waals surface area contributed by atoms with Gasteiger partial charge in [-0.1, -0.05) is 42.5 Å². The molecule has 0 fully saturated rings. The normalized spacial score (nSPS) is 11.1. The van der Waals surface area contributed by atoms with Gasteiger partial charge in [0, 0.05) is 11.8 Å². The van der Waals surface area contributed by atoms with Crippen molar-refractivity contribution in [2.24, 2.45) is 0 Å². The predicted molar refractivity (Wildman–Crippen MR) is 108 cm³/mol. The minimum Gasteiger partial charge on any atom is -0.322 e. The number of anilines is 2. The Hall–Kier alpha value is -3.26. The van der Waals surface area contributed by atoms with Crippen LogP contribution in [0.2, 0.25) is 0 Å². The van der Waals surface area contributed by atoms with Crippen LogP contribution in [0.25, 0.3) is 0 Å². The number of halogens is 2. The van der Waals surface area contributed by atoms with Crippen LogP contribution < -0.4 is 9.62 Å². The van der Waals surface area contributed by atoms with Crippen molar-refractivity contribution in [3.8, 4) is 0 Å². The highest BCUT2D eigenvalue weighted by atomic mass is 32.2. The van der Waals surface area contributed by atoms with Gasteiger partial charge in [0.25, 0.3) is 5.91 Å². The summed E-state index contributed by atoms with van der Waals surface area (Å²) in [6, 6.07) is 18.1. The van der Waals surface area contributed by atoms with E-state index in [1.807, 2.05) is 6.07 Å². The summed E-state index contributed by atoms with van der Waals surface area (Å²) in [7, 11) is -3.71. The van der Waals surface area contributed by atoms with Crippen LogP contribution in [0.15, 0.2) is 72.8 Å². The fraction of sp³-hybridized carbons (Fsp3) is 0.0952. The second-order valence-corrected chi connectivity index (χ2v) is 8.26. The molecule has 0 bridgehead atoms. The number of benzene rings is 3. The van der Waals surface area contributed by atoms with Crippen LogP contribution in [-0.4, -0.2) is 20.6 Å². The van der Waals surface area contributed by atoms with Gasteiger partial charge in [0.05, 0.1) is 24.1 Å². The largest absolute Gasteiger partial charge is 0.322 e. The number of carbonyl (C=O) groups excluding carboxylic acids is 1. The number of nitrogens with zero attached hydrogens (tertiary/aromatic N) is 1. The lowest BCUT2D eigenvalue weighted by molar-refractivity contribution is 0.102. The number of para-hydroxylation sites is 1. The summed E-state index contributed by atoms with van der Waals surface area (Å²) in [6.45, 7) is 0.0368. The van der Waals surface area contributed by atoms with E-state index < -0.39 is 27.6 Å². The van der Waals surface area contributed by atoms with Gasteiger partial charge in [-0.3, -0.25) is 9.10 Å². The third kappa shape index (κ3) is 4.97. The lowest BCUT2D eigenvalue weighted by Crippen LogP contribution is -2.31. The quantitative estimate of drug-likeness (QED) is 0.656. The number of nitrogens with one attached hydrogen (secondary N) is 1. The average Bonchev–Trinajstić information content (AvgIpc) is 2.69. The lowest BCUT2D eigenvalue weighted by atomic mass is 10.1. The van der Waals surface area contributed by atoms with Crippen molar-refractivity contribution in [3.05, 3.63) is 95.6 Å². The number of hydrogen-bond donors (Lipinski definition) is 1. The van der Waals surface area contributed by atoms with Crippen molar-refractivity contribution in [1.82, 2.24) is 0 Å². The molecule has 0 saturated carbocycles. The summed E-state index contributed by atoms with van der Waals surface area (Å²) in [4.78, 5) is 12.8. The summed E-state index contributed by atoms with van der Waals surface area (Å²) in [6.07, 6.45) is 1.06. The van der Waals surface area contributed by atoms with Gasteiger partial charge >= 0.3 is 0 Å². The highest BCUT2D eigenvalue weighted by Crippen LogP contribution is 2.26. The molecule has 0 atom stereocenters. The van der Waals surface area contributed by atoms with Crippen molar-refractivity contribution < 1.29 is 22.0 Å². The highest BCUT2D eigenvalue weighted by Gasteiger charge is 2.23. The summed E-state index contributed by atoms with van der Waals surface area (Å²) in [5.74, 6) is -2.78. The van der Waals surface area contributed by atoms with Gasteiger partial charge in [-0.15, -0.1) is 0 Å². The molecule has 5 nitrogen and oxygen atoms in total. The van der Waals surface area contributed by atoms with E-state index in [1.165, 1.54) is 18.2 Å². The predicted octanol–water partition coefficient (Wildman–Crippen LogP) is 4.18. The maximum Gasteiger partial charge on any atom is 0.257 e. The Morgan fingerprint density at radius 1 is 0.931 bits per heavy atom. The molecule has 0 heterocycles. The van der Waals surface area contributed by atoms with Crippen LogP contribution in [0.3, 0.4) is 0 Å². The highest BCUT2D eigenvalue weighted by molar-refractivity contribution is 7.92. The molecule has 8 heteroatoms. The van der Waals surface area contributed by atoms with E-state index >= 15 is 0 Å². The minimum absolute atomic E-state index is 0.0368. The van der Waals surface area contributed by atoms with Crippen molar-refractivity contribution in [3.63, 3.8) is 0 Å². The number of amides is 1. The van der Waals surface area contributed by atoms with E-state index in [2.05, 4.69) is 5.32 Å². The van der Waals surface area contributed by atoms with Gasteiger partial charge in [-0.05, 0) is 29.8 Å². The zero-order valence-electron chi connectivity index (χ0n) is 15.5. The molecule has 3 aromatic rings. The van der Waals surface area contributed by atoms with E-state index in [9.17, 15) is 22.0 Å². The molecule has 3 rings (SSSR count). The Labute approximate surface area is 167 Å². The van der Waals surface area contributed by atoms with E-state index in [-0.39, 0.29) is 23.5 Å². The maximum absolute atomic E-state index is 13.4. The van der Waals surface area contributed by atoms with E-state index in [0.717, 1.165) is 28.3 Å². The molecule has 3 aromatic carbocycles. The van der Waals surface area contributed by atoms with Crippen LogP contribution in [0, 0.1) is 11.6 Å². The molecule has 29 heavy (non-hydrogen) atoms. The Bertz CT molecular complexity index is 1140. The Morgan fingerprint density at radius 2 is 1.59 bits per heavy atom. The molecule has 1 amide bonds. The van der Waals surface area contributed by atoms with E-state index in [0.29, 0.717) is 0 Å². The number of rotatable bonds is 6. The number of carbonyl (C=O) groups is 1. The third-order valence-electron chi connectivity index (χ3n) is 4.16. The van der Waals surface area contributed by atoms with Crippen molar-refractivity contribution in [1.29, 1.82) is 0 Å². The first-order valence-corrected chi connectivity index (χ1v) is 10.5. The van der Waals surface area contributed by atoms with E-state index in [4.69, 9.17) is 0 Å². The second-order valence-electron chi connectivity index (χ2n) is 6.36. The van der Waals surface area contributed by atoms with Crippen molar-refractivity contribution in [2.45, 2.75) is 6.54 Å². The standard InChI is InChI=1S/C21H18F2N2O3S/c1-29(27,28)25(14-15-7-3-2-4-8-15)20-10-6-5-9-17(20)21(26)24-16-11-12-18(22)19(23)13-16/h2-13H,14H2,1H3,(H,24,26). The van der Waals surface area contributed by atoms with E-state index in [1.54, 1.807) is 36.4 Å². The molecule has 0 unspecified atom stereocenters. The summed E-state index contributed by atoms with van der Waals surface area (Å²) < 4.78 is 52.6. The molecule has 0 aromatic heterocycles. The van der Waals surface area contributed by atoms with Gasteiger partial charge in [0.15, 0.2) is 11.6 Å². The van der Waals surface area contributed by atoms with Crippen LogP contribution in [0.5, 0.6) is 0 Å². The van der Waals surface area contributed by atoms with Crippen LogP contribution >= 0.6 is 0 Å². The average molecular weight is 416 g/mol. The summed E-state index contributed by atoms with van der Waals surface area (Å²) in [5, 5.41) is 2.47. The summed E-state index contributed by atoms with van der Waals surface area (Å²) in [5.41, 5.74) is 1.06. The van der Waals surface area contributed by atoms with Crippen molar-refractivity contribution >= 4 is 27.3 Å². The Balaban J connectivity index is 1.96. The molecule has 0 aliphatic heterocycles. The van der Waals surface area contributed by atoms with Gasteiger partial charge in [-0.2, -0.15) is 0 Å². The Morgan fingerprint density at radius 3 is 2.24 bits per heavy atom.